The van der Waals surface area contributed by atoms with Gasteiger partial charge in [-0.1, -0.05) is 11.6 Å². The molecular formula is C19H25ClN4OS. The minimum Gasteiger partial charge on any atom is -0.381 e. The second kappa shape index (κ2) is 7.23. The predicted molar refractivity (Wildman–Crippen MR) is 106 cm³/mol. The summed E-state index contributed by atoms with van der Waals surface area (Å²) in [7, 11) is 0. The van der Waals surface area contributed by atoms with Crippen LogP contribution in [0.5, 0.6) is 0 Å². The Morgan fingerprint density at radius 2 is 1.96 bits per heavy atom. The number of likely N-dealkylation sites (tertiary alicyclic amines) is 1. The molecule has 2 aromatic rings. The molecule has 1 N–H and O–H groups in total. The highest BCUT2D eigenvalue weighted by molar-refractivity contribution is 7.17. The third kappa shape index (κ3) is 3.33. The van der Waals surface area contributed by atoms with Gasteiger partial charge in [0.05, 0.1) is 4.70 Å². The topological polar surface area (TPSA) is 50.3 Å². The Morgan fingerprint density at radius 3 is 2.73 bits per heavy atom. The number of aromatic nitrogens is 2. The highest BCUT2D eigenvalue weighted by Gasteiger charge is 2.41. The number of nitrogens with zero attached hydrogens (tertiary/aromatic N) is 3. The van der Waals surface area contributed by atoms with Gasteiger partial charge in [-0.15, -0.1) is 21.5 Å². The first-order chi connectivity index (χ1) is 12.8. The van der Waals surface area contributed by atoms with E-state index in [0.717, 1.165) is 46.9 Å². The number of nitrogens with one attached hydrogen (secondary N) is 1. The van der Waals surface area contributed by atoms with E-state index in [1.807, 2.05) is 0 Å². The van der Waals surface area contributed by atoms with E-state index in [9.17, 15) is 0 Å². The number of thiophene rings is 1. The molecule has 5 nitrogen and oxygen atoms in total. The first-order valence-corrected chi connectivity index (χ1v) is 11.0. The van der Waals surface area contributed by atoms with E-state index in [4.69, 9.17) is 16.3 Å². The summed E-state index contributed by atoms with van der Waals surface area (Å²) in [6.45, 7) is 5.71. The van der Waals surface area contributed by atoms with Gasteiger partial charge in [0, 0.05) is 44.3 Å². The summed E-state index contributed by atoms with van der Waals surface area (Å²) < 4.78 is 6.53. The number of ether oxygens (including phenoxy) is 1. The number of hydrogen-bond acceptors (Lipinski definition) is 6. The van der Waals surface area contributed by atoms with Crippen molar-refractivity contribution in [2.45, 2.75) is 31.7 Å². The molecule has 1 aliphatic carbocycles. The Balaban J connectivity index is 1.19. The van der Waals surface area contributed by atoms with Crippen LogP contribution in [-0.2, 0) is 4.74 Å². The second-order valence-electron chi connectivity index (χ2n) is 8.11. The van der Waals surface area contributed by atoms with Crippen molar-refractivity contribution < 1.29 is 4.74 Å². The Bertz CT molecular complexity index is 764. The Kier molecular flexibility index (Phi) is 4.77. The van der Waals surface area contributed by atoms with Gasteiger partial charge in [-0.25, -0.2) is 0 Å². The van der Waals surface area contributed by atoms with Crippen LogP contribution in [0.25, 0.3) is 10.1 Å². The quantitative estimate of drug-likeness (QED) is 0.855. The monoisotopic (exact) mass is 392 g/mol. The van der Waals surface area contributed by atoms with Gasteiger partial charge in [0.25, 0.3) is 0 Å². The van der Waals surface area contributed by atoms with Crippen LogP contribution in [0.4, 0.5) is 5.82 Å². The fraction of sp³-hybridized carbons (Fsp3) is 0.684. The summed E-state index contributed by atoms with van der Waals surface area (Å²) in [5.41, 5.74) is 0. The van der Waals surface area contributed by atoms with Crippen molar-refractivity contribution in [2.75, 3.05) is 38.2 Å². The predicted octanol–water partition coefficient (Wildman–Crippen LogP) is 3.89. The standard InChI is InChI=1S/C19H25ClN4OS/c20-18-17-16(3-6-26-17)19(23-22-18)21-15-7-13-10-24(11-14(13)8-15)9-12-1-4-25-5-2-12/h3,6,12-15H,1-2,4-5,7-11H2,(H,21,23)/t13-,14?,15+/m1/s1. The molecule has 7 heteroatoms. The fourth-order valence-electron chi connectivity index (χ4n) is 5.11. The van der Waals surface area contributed by atoms with E-state index in [0.29, 0.717) is 11.2 Å². The number of hydrogen-bond donors (Lipinski definition) is 1. The van der Waals surface area contributed by atoms with Crippen LogP contribution < -0.4 is 5.32 Å². The molecule has 0 aromatic carbocycles. The van der Waals surface area contributed by atoms with Crippen LogP contribution >= 0.6 is 22.9 Å². The number of fused-ring (bicyclic) bond motifs is 2. The summed E-state index contributed by atoms with van der Waals surface area (Å²) in [6.07, 6.45) is 4.96. The van der Waals surface area contributed by atoms with E-state index in [2.05, 4.69) is 31.9 Å². The Labute approximate surface area is 163 Å². The smallest absolute Gasteiger partial charge is 0.169 e. The molecule has 140 valence electrons. The van der Waals surface area contributed by atoms with Crippen LogP contribution in [-0.4, -0.2) is 54.0 Å². The molecule has 5 rings (SSSR count). The van der Waals surface area contributed by atoms with Crippen LogP contribution in [0.3, 0.4) is 0 Å². The molecule has 0 bridgehead atoms. The molecule has 0 spiro atoms. The maximum absolute atomic E-state index is 6.16. The largest absolute Gasteiger partial charge is 0.381 e. The second-order valence-corrected chi connectivity index (χ2v) is 9.38. The maximum Gasteiger partial charge on any atom is 0.169 e. The lowest BCUT2D eigenvalue weighted by molar-refractivity contribution is 0.0545. The zero-order chi connectivity index (χ0) is 17.5. The van der Waals surface area contributed by atoms with Crippen molar-refractivity contribution >= 4 is 38.8 Å². The molecular weight excluding hydrogens is 368 g/mol. The van der Waals surface area contributed by atoms with Crippen molar-refractivity contribution in [1.29, 1.82) is 0 Å². The molecule has 3 atom stereocenters. The average Bonchev–Trinajstić information content (AvgIpc) is 3.33. The van der Waals surface area contributed by atoms with Crippen molar-refractivity contribution in [3.05, 3.63) is 16.6 Å². The van der Waals surface area contributed by atoms with Gasteiger partial charge < -0.3 is 15.0 Å². The molecule has 0 radical (unpaired) electrons. The molecule has 2 saturated heterocycles. The summed E-state index contributed by atoms with van der Waals surface area (Å²) in [5.74, 6) is 3.39. The lowest BCUT2D eigenvalue weighted by atomic mass is 10.00. The van der Waals surface area contributed by atoms with Gasteiger partial charge in [-0.3, -0.25) is 0 Å². The highest BCUT2D eigenvalue weighted by atomic mass is 35.5. The zero-order valence-electron chi connectivity index (χ0n) is 14.9. The zero-order valence-corrected chi connectivity index (χ0v) is 16.4. The normalized spacial score (nSPS) is 30.1. The Hall–Kier alpha value is -0.950. The molecule has 2 aromatic heterocycles. The minimum absolute atomic E-state index is 0.507. The SMILES string of the molecule is Clc1nnc(N[C@@H]2CC3CN(CC4CCOCC4)C[C@H]3C2)c2ccsc12. The molecule has 1 saturated carbocycles. The lowest BCUT2D eigenvalue weighted by Crippen LogP contribution is -2.32. The van der Waals surface area contributed by atoms with Gasteiger partial charge in [0.2, 0.25) is 0 Å². The number of rotatable bonds is 4. The van der Waals surface area contributed by atoms with E-state index in [-0.39, 0.29) is 0 Å². The van der Waals surface area contributed by atoms with Crippen LogP contribution in [0, 0.1) is 17.8 Å². The van der Waals surface area contributed by atoms with E-state index < -0.39 is 0 Å². The average molecular weight is 393 g/mol. The van der Waals surface area contributed by atoms with Crippen LogP contribution in [0.2, 0.25) is 5.15 Å². The summed E-state index contributed by atoms with van der Waals surface area (Å²) in [5, 5.41) is 15.8. The summed E-state index contributed by atoms with van der Waals surface area (Å²) in [6, 6.07) is 2.60. The Morgan fingerprint density at radius 1 is 1.19 bits per heavy atom. The molecule has 2 aliphatic heterocycles. The lowest BCUT2D eigenvalue weighted by Gasteiger charge is -2.27. The van der Waals surface area contributed by atoms with Gasteiger partial charge in [0.1, 0.15) is 0 Å². The summed E-state index contributed by atoms with van der Waals surface area (Å²) >= 11 is 7.79. The maximum atomic E-state index is 6.16. The van der Waals surface area contributed by atoms with E-state index >= 15 is 0 Å². The van der Waals surface area contributed by atoms with E-state index in [1.165, 1.54) is 45.3 Å². The first-order valence-electron chi connectivity index (χ1n) is 9.72. The first kappa shape index (κ1) is 17.2. The van der Waals surface area contributed by atoms with Crippen molar-refractivity contribution in [2.24, 2.45) is 17.8 Å². The molecule has 3 aliphatic rings. The van der Waals surface area contributed by atoms with Crippen molar-refractivity contribution in [3.8, 4) is 0 Å². The molecule has 4 heterocycles. The third-order valence-corrected chi connectivity index (χ3v) is 7.67. The molecule has 1 unspecified atom stereocenters. The van der Waals surface area contributed by atoms with Gasteiger partial charge in [-0.05, 0) is 54.9 Å². The number of halogens is 1. The van der Waals surface area contributed by atoms with Crippen molar-refractivity contribution in [1.82, 2.24) is 15.1 Å². The summed E-state index contributed by atoms with van der Waals surface area (Å²) in [4.78, 5) is 2.71. The molecule has 3 fully saturated rings. The van der Waals surface area contributed by atoms with Crippen molar-refractivity contribution in [3.63, 3.8) is 0 Å². The minimum atomic E-state index is 0.507. The van der Waals surface area contributed by atoms with E-state index in [1.54, 1.807) is 11.3 Å². The van der Waals surface area contributed by atoms with Crippen LogP contribution in [0.15, 0.2) is 11.4 Å². The van der Waals surface area contributed by atoms with Crippen LogP contribution in [0.1, 0.15) is 25.7 Å². The van der Waals surface area contributed by atoms with Gasteiger partial charge >= 0.3 is 0 Å². The fourth-order valence-corrected chi connectivity index (χ4v) is 6.15. The molecule has 0 amide bonds. The highest BCUT2D eigenvalue weighted by Crippen LogP contribution is 2.40. The third-order valence-electron chi connectivity index (χ3n) is 6.37. The molecule has 26 heavy (non-hydrogen) atoms. The van der Waals surface area contributed by atoms with Gasteiger partial charge in [0.15, 0.2) is 11.0 Å². The number of anilines is 1. The van der Waals surface area contributed by atoms with Gasteiger partial charge in [-0.2, -0.15) is 0 Å².